The Labute approximate surface area is 125 Å². The number of nitrogens with zero attached hydrogens (tertiary/aromatic N) is 2. The number of imide groups is 1. The molecule has 2 aliphatic heterocycles. The fourth-order valence-electron chi connectivity index (χ4n) is 2.71. The van der Waals surface area contributed by atoms with Crippen LogP contribution < -0.4 is 0 Å². The van der Waals surface area contributed by atoms with Crippen molar-refractivity contribution in [2.45, 2.75) is 12.6 Å². The maximum Gasteiger partial charge on any atom is 0.261 e. The Morgan fingerprint density at radius 3 is 2.23 bits per heavy atom. The number of hydrogen-bond donors (Lipinski definition) is 3. The second-order valence-corrected chi connectivity index (χ2v) is 5.26. The normalized spacial score (nSPS) is 18.0. The molecule has 1 aromatic rings. The zero-order chi connectivity index (χ0) is 16.0. The van der Waals surface area contributed by atoms with Crippen LogP contribution in [0.5, 0.6) is 0 Å². The zero-order valence-electron chi connectivity index (χ0n) is 11.5. The fourth-order valence-corrected chi connectivity index (χ4v) is 2.71. The summed E-state index contributed by atoms with van der Waals surface area (Å²) in [4.78, 5) is 38.6. The van der Waals surface area contributed by atoms with Crippen molar-refractivity contribution in [3.63, 3.8) is 0 Å². The number of fused-ring (bicyclic) bond motifs is 2. The summed E-state index contributed by atoms with van der Waals surface area (Å²) in [7, 11) is 0. The average Bonchev–Trinajstić information content (AvgIpc) is 2.95. The lowest BCUT2D eigenvalue weighted by molar-refractivity contribution is 0.0426. The number of rotatable bonds is 4. The molecule has 3 rings (SSSR count). The van der Waals surface area contributed by atoms with Gasteiger partial charge in [-0.2, -0.15) is 0 Å². The third-order valence-corrected chi connectivity index (χ3v) is 3.85. The van der Waals surface area contributed by atoms with Crippen LogP contribution in [0.15, 0.2) is 12.1 Å². The summed E-state index contributed by atoms with van der Waals surface area (Å²) in [5.74, 6) is -1.56. The molecule has 3 N–H and O–H groups in total. The van der Waals surface area contributed by atoms with E-state index in [0.717, 1.165) is 4.90 Å². The Balaban J connectivity index is 1.98. The standard InChI is InChI=1S/C14H14N2O6/c17-5-8(19)4-16-13(21)10-1-7-3-15(6-18)12(20)9(7)2-11(10)14(16)22/h1-2,8,17-19H,3-6H2. The van der Waals surface area contributed by atoms with Crippen LogP contribution in [0.4, 0.5) is 0 Å². The molecule has 8 nitrogen and oxygen atoms in total. The molecule has 8 heteroatoms. The molecule has 0 spiro atoms. The van der Waals surface area contributed by atoms with E-state index in [9.17, 15) is 19.5 Å². The van der Waals surface area contributed by atoms with E-state index in [1.54, 1.807) is 0 Å². The minimum Gasteiger partial charge on any atom is -0.394 e. The number of aliphatic hydroxyl groups is 3. The molecule has 0 fully saturated rings. The van der Waals surface area contributed by atoms with Crippen molar-refractivity contribution in [3.05, 3.63) is 34.4 Å². The molecule has 3 amide bonds. The smallest absolute Gasteiger partial charge is 0.261 e. The predicted octanol–water partition coefficient (Wildman–Crippen LogP) is -1.46. The fraction of sp³-hybridized carbons (Fsp3) is 0.357. The van der Waals surface area contributed by atoms with Gasteiger partial charge in [0.25, 0.3) is 17.7 Å². The summed E-state index contributed by atoms with van der Waals surface area (Å²) >= 11 is 0. The van der Waals surface area contributed by atoms with E-state index in [-0.39, 0.29) is 24.2 Å². The highest BCUT2D eigenvalue weighted by Crippen LogP contribution is 2.31. The summed E-state index contributed by atoms with van der Waals surface area (Å²) in [6.07, 6.45) is -1.21. The largest absolute Gasteiger partial charge is 0.394 e. The number of hydrogen-bond acceptors (Lipinski definition) is 6. The Morgan fingerprint density at radius 1 is 1.00 bits per heavy atom. The summed E-state index contributed by atoms with van der Waals surface area (Å²) in [5.41, 5.74) is 1.13. The Bertz CT molecular complexity index is 686. The summed E-state index contributed by atoms with van der Waals surface area (Å²) in [6.45, 7) is -1.12. The highest BCUT2D eigenvalue weighted by molar-refractivity contribution is 6.22. The molecule has 0 radical (unpaired) electrons. The van der Waals surface area contributed by atoms with Gasteiger partial charge in [0.15, 0.2) is 0 Å². The number of β-amino-alcohol motifs (C(OH)–C–C–N with tert-alkyl or cyclic N) is 1. The number of benzene rings is 1. The first kappa shape index (κ1) is 14.6. The van der Waals surface area contributed by atoms with E-state index in [1.165, 1.54) is 17.0 Å². The van der Waals surface area contributed by atoms with Gasteiger partial charge in [0.05, 0.1) is 30.4 Å². The highest BCUT2D eigenvalue weighted by Gasteiger charge is 2.39. The van der Waals surface area contributed by atoms with Crippen molar-refractivity contribution in [1.29, 1.82) is 0 Å². The van der Waals surface area contributed by atoms with E-state index in [0.29, 0.717) is 11.1 Å². The second kappa shape index (κ2) is 5.16. The quantitative estimate of drug-likeness (QED) is 0.585. The minimum atomic E-state index is -1.21. The maximum absolute atomic E-state index is 12.3. The van der Waals surface area contributed by atoms with Crippen LogP contribution in [-0.4, -0.2) is 68.8 Å². The van der Waals surface area contributed by atoms with Crippen LogP contribution in [0.1, 0.15) is 36.6 Å². The van der Waals surface area contributed by atoms with Crippen LogP contribution in [0, 0.1) is 0 Å². The van der Waals surface area contributed by atoms with Gasteiger partial charge >= 0.3 is 0 Å². The van der Waals surface area contributed by atoms with Crippen LogP contribution in [-0.2, 0) is 6.54 Å². The van der Waals surface area contributed by atoms with Crippen molar-refractivity contribution in [3.8, 4) is 0 Å². The molecule has 1 atom stereocenters. The summed E-state index contributed by atoms with van der Waals surface area (Å²) < 4.78 is 0. The molecule has 2 aliphatic rings. The van der Waals surface area contributed by atoms with Gasteiger partial charge in [0.1, 0.15) is 6.73 Å². The second-order valence-electron chi connectivity index (χ2n) is 5.26. The van der Waals surface area contributed by atoms with Crippen LogP contribution >= 0.6 is 0 Å². The molecule has 0 saturated heterocycles. The van der Waals surface area contributed by atoms with Gasteiger partial charge in [0.2, 0.25) is 0 Å². The first-order valence-corrected chi connectivity index (χ1v) is 6.70. The van der Waals surface area contributed by atoms with Crippen molar-refractivity contribution < 1.29 is 29.7 Å². The molecule has 1 unspecified atom stereocenters. The maximum atomic E-state index is 12.3. The van der Waals surface area contributed by atoms with Gasteiger partial charge in [-0.05, 0) is 17.7 Å². The van der Waals surface area contributed by atoms with E-state index in [1.807, 2.05) is 0 Å². The van der Waals surface area contributed by atoms with Gasteiger partial charge in [-0.1, -0.05) is 0 Å². The lowest BCUT2D eigenvalue weighted by Crippen LogP contribution is -2.38. The average molecular weight is 306 g/mol. The zero-order valence-corrected chi connectivity index (χ0v) is 11.5. The van der Waals surface area contributed by atoms with Crippen LogP contribution in [0.3, 0.4) is 0 Å². The molecular formula is C14H14N2O6. The van der Waals surface area contributed by atoms with Gasteiger partial charge in [0, 0.05) is 12.1 Å². The van der Waals surface area contributed by atoms with Crippen molar-refractivity contribution in [2.24, 2.45) is 0 Å². The lowest BCUT2D eigenvalue weighted by atomic mass is 10.0. The number of amides is 3. The number of carbonyl (C=O) groups is 3. The molecule has 1 aromatic carbocycles. The SMILES string of the molecule is O=C1c2cc3c(cc2CN1CO)C(=O)N(CC(O)CO)C3=O. The van der Waals surface area contributed by atoms with E-state index in [4.69, 9.17) is 10.2 Å². The van der Waals surface area contributed by atoms with Gasteiger partial charge in [-0.25, -0.2) is 0 Å². The molecule has 22 heavy (non-hydrogen) atoms. The predicted molar refractivity (Wildman–Crippen MR) is 71.9 cm³/mol. The van der Waals surface area contributed by atoms with Gasteiger partial charge in [-0.3, -0.25) is 19.3 Å². The van der Waals surface area contributed by atoms with Crippen molar-refractivity contribution in [1.82, 2.24) is 9.80 Å². The Morgan fingerprint density at radius 2 is 1.64 bits per heavy atom. The molecule has 0 saturated carbocycles. The molecule has 2 heterocycles. The van der Waals surface area contributed by atoms with Crippen molar-refractivity contribution >= 4 is 17.7 Å². The Kier molecular flexibility index (Phi) is 3.44. The van der Waals surface area contributed by atoms with E-state index in [2.05, 4.69) is 0 Å². The first-order valence-electron chi connectivity index (χ1n) is 6.70. The Hall–Kier alpha value is -2.29. The molecule has 116 valence electrons. The summed E-state index contributed by atoms with van der Waals surface area (Å²) in [6, 6.07) is 2.83. The van der Waals surface area contributed by atoms with Gasteiger partial charge in [-0.15, -0.1) is 0 Å². The topological polar surface area (TPSA) is 118 Å². The summed E-state index contributed by atoms with van der Waals surface area (Å²) in [5, 5.41) is 27.4. The molecule has 0 aliphatic carbocycles. The highest BCUT2D eigenvalue weighted by atomic mass is 16.3. The van der Waals surface area contributed by atoms with Gasteiger partial charge < -0.3 is 20.2 Å². The minimum absolute atomic E-state index is 0.0991. The lowest BCUT2D eigenvalue weighted by Gasteiger charge is -2.16. The van der Waals surface area contributed by atoms with E-state index >= 15 is 0 Å². The third kappa shape index (κ3) is 2.00. The first-order chi connectivity index (χ1) is 10.5. The number of aliphatic hydroxyl groups excluding tert-OH is 3. The molecule has 0 bridgehead atoms. The van der Waals surface area contributed by atoms with E-state index < -0.39 is 37.2 Å². The monoisotopic (exact) mass is 306 g/mol. The van der Waals surface area contributed by atoms with Crippen LogP contribution in [0.25, 0.3) is 0 Å². The molecule has 0 aromatic heterocycles. The van der Waals surface area contributed by atoms with Crippen LogP contribution in [0.2, 0.25) is 0 Å². The number of carbonyl (C=O) groups excluding carboxylic acids is 3. The van der Waals surface area contributed by atoms with Crippen molar-refractivity contribution in [2.75, 3.05) is 19.9 Å². The molecular weight excluding hydrogens is 292 g/mol. The third-order valence-electron chi connectivity index (χ3n) is 3.85.